The lowest BCUT2D eigenvalue weighted by Crippen LogP contribution is -2.46. The lowest BCUT2D eigenvalue weighted by Gasteiger charge is -2.29. The largest absolute Gasteiger partial charge is 0.477 e. The van der Waals surface area contributed by atoms with Gasteiger partial charge in [0.2, 0.25) is 0 Å². The standard InChI is InChI=1S/C13H18N2O2S/c1-15(7-8-18-2)13(16)12-9-14-10-5-3-4-6-11(10)17-12/h3-6,12,14H,7-9H2,1-2H3. The fourth-order valence-electron chi connectivity index (χ4n) is 1.83. The maximum atomic E-state index is 12.2. The number of likely N-dealkylation sites (N-methyl/N-ethyl adjacent to an activating group) is 1. The molecule has 1 amide bonds. The summed E-state index contributed by atoms with van der Waals surface area (Å²) in [6.07, 6.45) is 1.61. The predicted molar refractivity (Wildman–Crippen MR) is 75.4 cm³/mol. The second kappa shape index (κ2) is 6.00. The third-order valence-electron chi connectivity index (χ3n) is 2.92. The summed E-state index contributed by atoms with van der Waals surface area (Å²) in [5.74, 6) is 1.73. The molecule has 0 saturated carbocycles. The average Bonchev–Trinajstić information content (AvgIpc) is 2.43. The number of thioether (sulfide) groups is 1. The Labute approximate surface area is 112 Å². The predicted octanol–water partition coefficient (Wildman–Crippen LogP) is 1.68. The molecule has 1 unspecified atom stereocenters. The van der Waals surface area contributed by atoms with Crippen molar-refractivity contribution in [3.8, 4) is 5.75 Å². The monoisotopic (exact) mass is 266 g/mol. The van der Waals surface area contributed by atoms with Crippen molar-refractivity contribution in [3.63, 3.8) is 0 Å². The van der Waals surface area contributed by atoms with Crippen LogP contribution in [-0.4, -0.2) is 49.1 Å². The van der Waals surface area contributed by atoms with Gasteiger partial charge in [0.25, 0.3) is 5.91 Å². The van der Waals surface area contributed by atoms with E-state index in [4.69, 9.17) is 4.74 Å². The average molecular weight is 266 g/mol. The zero-order chi connectivity index (χ0) is 13.0. The minimum atomic E-state index is -0.424. The lowest BCUT2D eigenvalue weighted by atomic mass is 10.2. The van der Waals surface area contributed by atoms with Gasteiger partial charge in [-0.2, -0.15) is 11.8 Å². The number of para-hydroxylation sites is 2. The first-order valence-electron chi connectivity index (χ1n) is 5.96. The smallest absolute Gasteiger partial charge is 0.265 e. The van der Waals surface area contributed by atoms with Crippen LogP contribution in [0.2, 0.25) is 0 Å². The molecule has 98 valence electrons. The highest BCUT2D eigenvalue weighted by molar-refractivity contribution is 7.98. The van der Waals surface area contributed by atoms with E-state index in [0.717, 1.165) is 23.7 Å². The van der Waals surface area contributed by atoms with Crippen LogP contribution in [0, 0.1) is 0 Å². The van der Waals surface area contributed by atoms with Gasteiger partial charge in [0, 0.05) is 19.3 Å². The van der Waals surface area contributed by atoms with E-state index in [-0.39, 0.29) is 5.91 Å². The summed E-state index contributed by atoms with van der Waals surface area (Å²) in [5.41, 5.74) is 0.952. The molecular weight excluding hydrogens is 248 g/mol. The van der Waals surface area contributed by atoms with Crippen molar-refractivity contribution < 1.29 is 9.53 Å². The number of ether oxygens (including phenoxy) is 1. The maximum Gasteiger partial charge on any atom is 0.265 e. The van der Waals surface area contributed by atoms with E-state index < -0.39 is 6.10 Å². The molecule has 4 nitrogen and oxygen atoms in total. The number of benzene rings is 1. The molecule has 1 aliphatic heterocycles. The Kier molecular flexibility index (Phi) is 4.36. The number of hydrogen-bond donors (Lipinski definition) is 1. The van der Waals surface area contributed by atoms with E-state index >= 15 is 0 Å². The lowest BCUT2D eigenvalue weighted by molar-refractivity contribution is -0.136. The molecule has 0 aromatic heterocycles. The zero-order valence-electron chi connectivity index (χ0n) is 10.7. The molecule has 1 aromatic carbocycles. The summed E-state index contributed by atoms with van der Waals surface area (Å²) in [6, 6.07) is 7.68. The van der Waals surface area contributed by atoms with Crippen molar-refractivity contribution >= 4 is 23.4 Å². The molecule has 1 heterocycles. The van der Waals surface area contributed by atoms with E-state index in [9.17, 15) is 4.79 Å². The maximum absolute atomic E-state index is 12.2. The topological polar surface area (TPSA) is 41.6 Å². The fraction of sp³-hybridized carbons (Fsp3) is 0.462. The van der Waals surface area contributed by atoms with Crippen LogP contribution >= 0.6 is 11.8 Å². The third kappa shape index (κ3) is 2.90. The van der Waals surface area contributed by atoms with Gasteiger partial charge in [-0.05, 0) is 18.4 Å². The summed E-state index contributed by atoms with van der Waals surface area (Å²) in [7, 11) is 1.82. The first kappa shape index (κ1) is 13.1. The van der Waals surface area contributed by atoms with Crippen molar-refractivity contribution in [2.24, 2.45) is 0 Å². The van der Waals surface area contributed by atoms with Crippen molar-refractivity contribution in [3.05, 3.63) is 24.3 Å². The van der Waals surface area contributed by atoms with Gasteiger partial charge < -0.3 is 15.0 Å². The molecule has 0 fully saturated rings. The highest BCUT2D eigenvalue weighted by atomic mass is 32.2. The van der Waals surface area contributed by atoms with Gasteiger partial charge in [0.1, 0.15) is 5.75 Å². The molecule has 1 aliphatic rings. The molecule has 18 heavy (non-hydrogen) atoms. The van der Waals surface area contributed by atoms with Gasteiger partial charge in [-0.25, -0.2) is 0 Å². The van der Waals surface area contributed by atoms with Gasteiger partial charge in [-0.15, -0.1) is 0 Å². The Morgan fingerprint density at radius 2 is 2.33 bits per heavy atom. The van der Waals surface area contributed by atoms with Gasteiger partial charge >= 0.3 is 0 Å². The molecule has 5 heteroatoms. The van der Waals surface area contributed by atoms with Crippen molar-refractivity contribution in [2.45, 2.75) is 6.10 Å². The van der Waals surface area contributed by atoms with Crippen molar-refractivity contribution in [2.75, 3.05) is 37.5 Å². The molecule has 0 aliphatic carbocycles. The molecule has 2 rings (SSSR count). The van der Waals surface area contributed by atoms with E-state index in [1.165, 1.54) is 0 Å². The normalized spacial score (nSPS) is 17.3. The Bertz CT molecular complexity index is 425. The molecular formula is C13H18N2O2S. The molecule has 0 saturated heterocycles. The second-order valence-corrected chi connectivity index (χ2v) is 5.22. The summed E-state index contributed by atoms with van der Waals surface area (Å²) >= 11 is 1.73. The number of nitrogens with zero attached hydrogens (tertiary/aromatic N) is 1. The van der Waals surface area contributed by atoms with Crippen LogP contribution in [0.5, 0.6) is 5.75 Å². The molecule has 0 spiro atoms. The number of nitrogens with one attached hydrogen (secondary N) is 1. The first-order valence-corrected chi connectivity index (χ1v) is 7.35. The molecule has 0 radical (unpaired) electrons. The molecule has 0 bridgehead atoms. The fourth-order valence-corrected chi connectivity index (χ4v) is 2.29. The molecule has 1 atom stereocenters. The van der Waals surface area contributed by atoms with Crippen LogP contribution < -0.4 is 10.1 Å². The highest BCUT2D eigenvalue weighted by Crippen LogP contribution is 2.28. The van der Waals surface area contributed by atoms with E-state index in [1.807, 2.05) is 37.6 Å². The van der Waals surface area contributed by atoms with Gasteiger partial charge in [0.15, 0.2) is 6.10 Å². The van der Waals surface area contributed by atoms with Crippen LogP contribution in [0.1, 0.15) is 0 Å². The minimum Gasteiger partial charge on any atom is -0.477 e. The van der Waals surface area contributed by atoms with Crippen LogP contribution in [0.4, 0.5) is 5.69 Å². The number of carbonyl (C=O) groups excluding carboxylic acids is 1. The van der Waals surface area contributed by atoms with Crippen LogP contribution in [-0.2, 0) is 4.79 Å². The first-order chi connectivity index (χ1) is 8.72. The minimum absolute atomic E-state index is 0.0334. The summed E-state index contributed by atoms with van der Waals surface area (Å²) in [4.78, 5) is 13.9. The second-order valence-electron chi connectivity index (χ2n) is 4.24. The van der Waals surface area contributed by atoms with Gasteiger partial charge in [0.05, 0.1) is 12.2 Å². The van der Waals surface area contributed by atoms with Gasteiger partial charge in [-0.3, -0.25) is 4.79 Å². The van der Waals surface area contributed by atoms with Crippen LogP contribution in [0.25, 0.3) is 0 Å². The van der Waals surface area contributed by atoms with E-state index in [1.54, 1.807) is 16.7 Å². The van der Waals surface area contributed by atoms with Crippen molar-refractivity contribution in [1.29, 1.82) is 0 Å². The van der Waals surface area contributed by atoms with E-state index in [0.29, 0.717) is 6.54 Å². The number of anilines is 1. The Balaban J connectivity index is 1.98. The number of hydrogen-bond acceptors (Lipinski definition) is 4. The number of rotatable bonds is 4. The Hall–Kier alpha value is -1.36. The SMILES string of the molecule is CSCCN(C)C(=O)C1CNc2ccccc2O1. The van der Waals surface area contributed by atoms with E-state index in [2.05, 4.69) is 5.32 Å². The van der Waals surface area contributed by atoms with Crippen LogP contribution in [0.15, 0.2) is 24.3 Å². The third-order valence-corrected chi connectivity index (χ3v) is 3.51. The molecule has 1 N–H and O–H groups in total. The van der Waals surface area contributed by atoms with Crippen molar-refractivity contribution in [1.82, 2.24) is 4.90 Å². The summed E-state index contributed by atoms with van der Waals surface area (Å²) in [6.45, 7) is 1.28. The quantitative estimate of drug-likeness (QED) is 0.900. The van der Waals surface area contributed by atoms with Crippen LogP contribution in [0.3, 0.4) is 0 Å². The Morgan fingerprint density at radius 3 is 3.11 bits per heavy atom. The summed E-state index contributed by atoms with van der Waals surface area (Å²) < 4.78 is 5.73. The molecule has 1 aromatic rings. The zero-order valence-corrected chi connectivity index (χ0v) is 11.5. The highest BCUT2D eigenvalue weighted by Gasteiger charge is 2.27. The Morgan fingerprint density at radius 1 is 1.56 bits per heavy atom. The number of carbonyl (C=O) groups is 1. The summed E-state index contributed by atoms with van der Waals surface area (Å²) in [5, 5.41) is 3.23. The van der Waals surface area contributed by atoms with Gasteiger partial charge in [-0.1, -0.05) is 12.1 Å². The number of fused-ring (bicyclic) bond motifs is 1. The number of amides is 1.